The van der Waals surface area contributed by atoms with Crippen molar-refractivity contribution < 1.29 is 13.9 Å². The van der Waals surface area contributed by atoms with Crippen LogP contribution in [0.5, 0.6) is 5.75 Å². The molecular formula is C23H31FN4O2. The van der Waals surface area contributed by atoms with E-state index in [1.165, 1.54) is 12.1 Å². The van der Waals surface area contributed by atoms with E-state index >= 15 is 0 Å². The number of hydrogen-bond acceptors (Lipinski definition) is 4. The molecule has 1 fully saturated rings. The molecule has 1 aliphatic heterocycles. The Bertz CT molecular complexity index is 807. The molecule has 0 aromatic heterocycles. The summed E-state index contributed by atoms with van der Waals surface area (Å²) in [4.78, 5) is 6.72. The van der Waals surface area contributed by atoms with Gasteiger partial charge >= 0.3 is 0 Å². The molecule has 2 N–H and O–H groups in total. The Morgan fingerprint density at radius 1 is 1.13 bits per heavy atom. The first kappa shape index (κ1) is 22.1. The summed E-state index contributed by atoms with van der Waals surface area (Å²) in [7, 11) is 1.76. The second-order valence-electron chi connectivity index (χ2n) is 7.06. The fourth-order valence-corrected chi connectivity index (χ4v) is 3.57. The third-order valence-electron chi connectivity index (χ3n) is 5.15. The first-order chi connectivity index (χ1) is 14.7. The molecule has 0 aliphatic carbocycles. The highest BCUT2D eigenvalue weighted by Gasteiger charge is 2.23. The molecule has 0 spiro atoms. The maximum absolute atomic E-state index is 13.4. The molecular weight excluding hydrogens is 383 g/mol. The van der Waals surface area contributed by atoms with Gasteiger partial charge in [-0.3, -0.25) is 9.89 Å². The summed E-state index contributed by atoms with van der Waals surface area (Å²) in [5.74, 6) is 1.36. The van der Waals surface area contributed by atoms with Gasteiger partial charge in [-0.25, -0.2) is 4.39 Å². The van der Waals surface area contributed by atoms with Crippen molar-refractivity contribution in [1.29, 1.82) is 0 Å². The van der Waals surface area contributed by atoms with Crippen LogP contribution in [0.1, 0.15) is 24.1 Å². The van der Waals surface area contributed by atoms with Crippen molar-refractivity contribution in [2.75, 3.05) is 46.5 Å². The predicted octanol–water partition coefficient (Wildman–Crippen LogP) is 2.96. The zero-order valence-corrected chi connectivity index (χ0v) is 17.7. The average Bonchev–Trinajstić information content (AvgIpc) is 2.79. The van der Waals surface area contributed by atoms with Gasteiger partial charge in [0.2, 0.25) is 0 Å². The van der Waals surface area contributed by atoms with Gasteiger partial charge in [0.25, 0.3) is 0 Å². The van der Waals surface area contributed by atoms with E-state index in [4.69, 9.17) is 9.47 Å². The summed E-state index contributed by atoms with van der Waals surface area (Å²) in [6.45, 7) is 6.97. The number of nitrogens with zero attached hydrogens (tertiary/aromatic N) is 2. The third-order valence-corrected chi connectivity index (χ3v) is 5.15. The van der Waals surface area contributed by atoms with Crippen LogP contribution in [0.4, 0.5) is 4.39 Å². The maximum atomic E-state index is 13.4. The Balaban J connectivity index is 1.63. The molecule has 7 heteroatoms. The Morgan fingerprint density at radius 2 is 1.87 bits per heavy atom. The largest absolute Gasteiger partial charge is 0.494 e. The van der Waals surface area contributed by atoms with Gasteiger partial charge in [-0.05, 0) is 30.7 Å². The molecule has 3 rings (SSSR count). The van der Waals surface area contributed by atoms with E-state index in [-0.39, 0.29) is 11.9 Å². The zero-order chi connectivity index (χ0) is 21.2. The second kappa shape index (κ2) is 11.5. The van der Waals surface area contributed by atoms with Crippen molar-refractivity contribution in [3.05, 3.63) is 65.5 Å². The average molecular weight is 415 g/mol. The van der Waals surface area contributed by atoms with E-state index in [1.807, 2.05) is 43.3 Å². The van der Waals surface area contributed by atoms with Gasteiger partial charge < -0.3 is 20.1 Å². The molecule has 0 radical (unpaired) electrons. The Morgan fingerprint density at radius 3 is 2.57 bits per heavy atom. The summed E-state index contributed by atoms with van der Waals surface area (Å²) in [6, 6.07) is 14.8. The molecule has 1 heterocycles. The molecule has 6 nitrogen and oxygen atoms in total. The summed E-state index contributed by atoms with van der Waals surface area (Å²) in [5.41, 5.74) is 2.15. The molecule has 1 atom stereocenters. The molecule has 0 amide bonds. The maximum Gasteiger partial charge on any atom is 0.191 e. The number of halogens is 1. The van der Waals surface area contributed by atoms with Crippen LogP contribution < -0.4 is 15.4 Å². The van der Waals surface area contributed by atoms with Crippen LogP contribution in [0, 0.1) is 5.82 Å². The van der Waals surface area contributed by atoms with E-state index in [1.54, 1.807) is 7.05 Å². The smallest absolute Gasteiger partial charge is 0.191 e. The van der Waals surface area contributed by atoms with Crippen molar-refractivity contribution in [1.82, 2.24) is 15.5 Å². The number of ether oxygens (including phenoxy) is 2. The van der Waals surface area contributed by atoms with Crippen LogP contribution in [0.2, 0.25) is 0 Å². The van der Waals surface area contributed by atoms with Crippen LogP contribution in [-0.2, 0) is 11.3 Å². The van der Waals surface area contributed by atoms with Crippen LogP contribution >= 0.6 is 0 Å². The van der Waals surface area contributed by atoms with E-state index in [0.717, 1.165) is 30.0 Å². The number of hydrogen-bond donors (Lipinski definition) is 2. The lowest BCUT2D eigenvalue weighted by atomic mass is 10.0. The highest BCUT2D eigenvalue weighted by atomic mass is 19.1. The van der Waals surface area contributed by atoms with Crippen molar-refractivity contribution in [3.63, 3.8) is 0 Å². The van der Waals surface area contributed by atoms with Crippen LogP contribution in [-0.4, -0.2) is 57.4 Å². The van der Waals surface area contributed by atoms with Gasteiger partial charge in [0.05, 0.1) is 25.9 Å². The number of aliphatic imine (C=N–C) groups is 1. The van der Waals surface area contributed by atoms with E-state index in [2.05, 4.69) is 20.5 Å². The molecule has 1 unspecified atom stereocenters. The monoisotopic (exact) mass is 414 g/mol. The molecule has 2 aromatic rings. The number of benzene rings is 2. The standard InChI is InChI=1S/C23H31FN4O2/c1-3-30-22-7-5-4-6-19(22)16-26-23(25-2)27-17-21(28-12-14-29-15-13-28)18-8-10-20(24)11-9-18/h4-11,21H,3,12-17H2,1-2H3,(H2,25,26,27). The zero-order valence-electron chi connectivity index (χ0n) is 17.7. The summed E-state index contributed by atoms with van der Waals surface area (Å²) in [5, 5.41) is 6.78. The summed E-state index contributed by atoms with van der Waals surface area (Å²) < 4.78 is 24.6. The van der Waals surface area contributed by atoms with Crippen molar-refractivity contribution in [3.8, 4) is 5.75 Å². The SMILES string of the molecule is CCOc1ccccc1CNC(=NC)NCC(c1ccc(F)cc1)N1CCOCC1. The molecule has 1 saturated heterocycles. The van der Waals surface area contributed by atoms with E-state index in [9.17, 15) is 4.39 Å². The van der Waals surface area contributed by atoms with Gasteiger partial charge in [-0.2, -0.15) is 0 Å². The lowest BCUT2D eigenvalue weighted by Crippen LogP contribution is -2.46. The number of morpholine rings is 1. The normalized spacial score (nSPS) is 16.2. The Kier molecular flexibility index (Phi) is 8.47. The molecule has 1 aliphatic rings. The van der Waals surface area contributed by atoms with Gasteiger partial charge in [-0.1, -0.05) is 30.3 Å². The minimum absolute atomic E-state index is 0.101. The van der Waals surface area contributed by atoms with Crippen molar-refractivity contribution >= 4 is 5.96 Å². The lowest BCUT2D eigenvalue weighted by molar-refractivity contribution is 0.0170. The molecule has 162 valence electrons. The second-order valence-corrected chi connectivity index (χ2v) is 7.06. The summed E-state index contributed by atoms with van der Waals surface area (Å²) >= 11 is 0. The summed E-state index contributed by atoms with van der Waals surface area (Å²) in [6.07, 6.45) is 0. The molecule has 30 heavy (non-hydrogen) atoms. The third kappa shape index (κ3) is 6.18. The Labute approximate surface area is 178 Å². The highest BCUT2D eigenvalue weighted by molar-refractivity contribution is 5.79. The predicted molar refractivity (Wildman–Crippen MR) is 117 cm³/mol. The molecule has 2 aromatic carbocycles. The number of rotatable bonds is 8. The van der Waals surface area contributed by atoms with Gasteiger partial charge in [0, 0.05) is 38.8 Å². The van der Waals surface area contributed by atoms with Crippen molar-refractivity contribution in [2.45, 2.75) is 19.5 Å². The lowest BCUT2D eigenvalue weighted by Gasteiger charge is -2.35. The topological polar surface area (TPSA) is 58.1 Å². The van der Waals surface area contributed by atoms with Gasteiger partial charge in [0.15, 0.2) is 5.96 Å². The van der Waals surface area contributed by atoms with Gasteiger partial charge in [0.1, 0.15) is 11.6 Å². The number of nitrogens with one attached hydrogen (secondary N) is 2. The molecule has 0 saturated carbocycles. The first-order valence-corrected chi connectivity index (χ1v) is 10.4. The highest BCUT2D eigenvalue weighted by Crippen LogP contribution is 2.22. The molecule has 0 bridgehead atoms. The fraction of sp³-hybridized carbons (Fsp3) is 0.435. The van der Waals surface area contributed by atoms with Crippen LogP contribution in [0.25, 0.3) is 0 Å². The van der Waals surface area contributed by atoms with Crippen LogP contribution in [0.3, 0.4) is 0 Å². The number of para-hydroxylation sites is 1. The Hall–Kier alpha value is -2.64. The fourth-order valence-electron chi connectivity index (χ4n) is 3.57. The van der Waals surface area contributed by atoms with Gasteiger partial charge in [-0.15, -0.1) is 0 Å². The van der Waals surface area contributed by atoms with E-state index < -0.39 is 0 Å². The van der Waals surface area contributed by atoms with Crippen LogP contribution in [0.15, 0.2) is 53.5 Å². The quantitative estimate of drug-likeness (QED) is 0.514. The van der Waals surface area contributed by atoms with Crippen molar-refractivity contribution in [2.24, 2.45) is 4.99 Å². The minimum atomic E-state index is -0.224. The first-order valence-electron chi connectivity index (χ1n) is 10.4. The number of guanidine groups is 1. The van der Waals surface area contributed by atoms with E-state index in [0.29, 0.717) is 38.9 Å². The minimum Gasteiger partial charge on any atom is -0.494 e.